The van der Waals surface area contributed by atoms with Crippen LogP contribution >= 0.6 is 0 Å². The van der Waals surface area contributed by atoms with Gasteiger partial charge in [-0.2, -0.15) is 0 Å². The number of aromatic nitrogens is 3. The van der Waals surface area contributed by atoms with Gasteiger partial charge in [0.25, 0.3) is 5.91 Å². The van der Waals surface area contributed by atoms with Crippen molar-refractivity contribution in [1.82, 2.24) is 19.9 Å². The van der Waals surface area contributed by atoms with Crippen LogP contribution < -0.4 is 0 Å². The molecule has 1 aliphatic heterocycles. The normalized spacial score (nSPS) is 19.5. The second-order valence-electron chi connectivity index (χ2n) is 7.36. The number of benzene rings is 2. The summed E-state index contributed by atoms with van der Waals surface area (Å²) in [5.74, 6) is -0.0525. The average Bonchev–Trinajstić information content (AvgIpc) is 3.34. The molecule has 2 N–H and O–H groups in total. The number of H-pyrrole nitrogens is 1. The molecule has 6 nitrogen and oxygen atoms in total. The Hall–Kier alpha value is -3.25. The molecule has 2 atom stereocenters. The molecular weight excluding hydrogens is 352 g/mol. The molecule has 140 valence electrons. The van der Waals surface area contributed by atoms with E-state index in [-0.39, 0.29) is 11.8 Å². The summed E-state index contributed by atoms with van der Waals surface area (Å²) in [6, 6.07) is 15.5. The molecule has 6 heteroatoms. The molecular formula is C22H20N4O2. The fraction of sp³-hybridized carbons (Fsp3) is 0.227. The molecule has 0 unspecified atom stereocenters. The van der Waals surface area contributed by atoms with E-state index >= 15 is 0 Å². The van der Waals surface area contributed by atoms with E-state index in [0.29, 0.717) is 25.1 Å². The fourth-order valence-electron chi connectivity index (χ4n) is 4.09. The number of hydrogen-bond donors (Lipinski definition) is 2. The number of imidazole rings is 1. The van der Waals surface area contributed by atoms with Gasteiger partial charge in [0.15, 0.2) is 0 Å². The summed E-state index contributed by atoms with van der Waals surface area (Å²) in [4.78, 5) is 26.3. The van der Waals surface area contributed by atoms with Gasteiger partial charge < -0.3 is 15.0 Å². The Labute approximate surface area is 161 Å². The lowest BCUT2D eigenvalue weighted by Crippen LogP contribution is -2.29. The minimum absolute atomic E-state index is 0.00522. The molecule has 1 saturated heterocycles. The lowest BCUT2D eigenvalue weighted by Gasteiger charge is -2.17. The van der Waals surface area contributed by atoms with Crippen LogP contribution in [0.2, 0.25) is 0 Å². The molecule has 1 aliphatic rings. The lowest BCUT2D eigenvalue weighted by atomic mass is 9.94. The number of fused-ring (bicyclic) bond motifs is 2. The summed E-state index contributed by atoms with van der Waals surface area (Å²) in [6.45, 7) is 0.894. The molecule has 2 aromatic carbocycles. The molecule has 0 radical (unpaired) electrons. The van der Waals surface area contributed by atoms with Crippen molar-refractivity contribution in [2.24, 2.45) is 5.92 Å². The fourth-order valence-corrected chi connectivity index (χ4v) is 4.09. The number of nitrogens with zero attached hydrogens (tertiary/aromatic N) is 3. The number of para-hydroxylation sites is 1. The van der Waals surface area contributed by atoms with Crippen LogP contribution in [0.5, 0.6) is 0 Å². The van der Waals surface area contributed by atoms with Gasteiger partial charge in [0.1, 0.15) is 0 Å². The van der Waals surface area contributed by atoms with Crippen molar-refractivity contribution >= 4 is 27.8 Å². The van der Waals surface area contributed by atoms with Crippen LogP contribution in [0.3, 0.4) is 0 Å². The van der Waals surface area contributed by atoms with Crippen molar-refractivity contribution in [3.05, 3.63) is 72.2 Å². The van der Waals surface area contributed by atoms with Crippen LogP contribution in [-0.4, -0.2) is 50.1 Å². The highest BCUT2D eigenvalue weighted by molar-refractivity contribution is 5.97. The summed E-state index contributed by atoms with van der Waals surface area (Å²) in [5, 5.41) is 11.7. The second kappa shape index (κ2) is 6.73. The van der Waals surface area contributed by atoms with Gasteiger partial charge >= 0.3 is 0 Å². The van der Waals surface area contributed by atoms with Crippen molar-refractivity contribution in [1.29, 1.82) is 0 Å². The van der Waals surface area contributed by atoms with Gasteiger partial charge in [-0.1, -0.05) is 18.2 Å². The Bertz CT molecular complexity index is 1160. The first kappa shape index (κ1) is 16.9. The number of likely N-dealkylation sites (tertiary alicyclic amines) is 1. The van der Waals surface area contributed by atoms with Crippen LogP contribution in [0.25, 0.3) is 21.9 Å². The molecule has 4 aromatic rings. The first-order valence-corrected chi connectivity index (χ1v) is 9.42. The zero-order chi connectivity index (χ0) is 19.1. The minimum Gasteiger partial charge on any atom is -0.391 e. The molecule has 0 spiro atoms. The molecule has 1 fully saturated rings. The number of pyridine rings is 1. The van der Waals surface area contributed by atoms with Crippen LogP contribution in [0.15, 0.2) is 61.1 Å². The van der Waals surface area contributed by atoms with E-state index < -0.39 is 6.10 Å². The quantitative estimate of drug-likeness (QED) is 0.579. The van der Waals surface area contributed by atoms with E-state index in [2.05, 4.69) is 21.0 Å². The Morgan fingerprint density at radius 2 is 2.00 bits per heavy atom. The second-order valence-corrected chi connectivity index (χ2v) is 7.36. The zero-order valence-corrected chi connectivity index (χ0v) is 15.2. The smallest absolute Gasteiger partial charge is 0.254 e. The number of aromatic amines is 1. The van der Waals surface area contributed by atoms with Gasteiger partial charge in [-0.3, -0.25) is 9.78 Å². The third kappa shape index (κ3) is 2.92. The number of carbonyl (C=O) groups excluding carboxylic acids is 1. The number of aliphatic hydroxyl groups excluding tert-OH is 1. The molecule has 0 saturated carbocycles. The maximum absolute atomic E-state index is 12.9. The van der Waals surface area contributed by atoms with Crippen molar-refractivity contribution < 1.29 is 9.90 Å². The Kier molecular flexibility index (Phi) is 4.06. The summed E-state index contributed by atoms with van der Waals surface area (Å²) in [5.41, 5.74) is 4.39. The van der Waals surface area contributed by atoms with Crippen molar-refractivity contribution in [3.63, 3.8) is 0 Å². The predicted octanol–water partition coefficient (Wildman–Crippen LogP) is 2.79. The highest BCUT2D eigenvalue weighted by Gasteiger charge is 2.34. The molecule has 1 amide bonds. The van der Waals surface area contributed by atoms with E-state index in [1.807, 2.05) is 42.6 Å². The van der Waals surface area contributed by atoms with Crippen LogP contribution in [0, 0.1) is 5.92 Å². The average molecular weight is 372 g/mol. The monoisotopic (exact) mass is 372 g/mol. The zero-order valence-electron chi connectivity index (χ0n) is 15.2. The number of β-amino-alcohol motifs (C(OH)–C–C–N with tert-alkyl or cyclic N) is 1. The molecule has 5 rings (SSSR count). The van der Waals surface area contributed by atoms with E-state index in [9.17, 15) is 9.90 Å². The van der Waals surface area contributed by atoms with Gasteiger partial charge in [0.05, 0.1) is 29.0 Å². The summed E-state index contributed by atoms with van der Waals surface area (Å²) in [6.07, 6.45) is 3.61. The van der Waals surface area contributed by atoms with E-state index in [0.717, 1.165) is 27.5 Å². The Balaban J connectivity index is 1.36. The molecule has 0 aliphatic carbocycles. The van der Waals surface area contributed by atoms with Gasteiger partial charge in [0, 0.05) is 36.2 Å². The minimum atomic E-state index is -0.535. The first-order valence-electron chi connectivity index (χ1n) is 9.42. The maximum Gasteiger partial charge on any atom is 0.254 e. The summed E-state index contributed by atoms with van der Waals surface area (Å²) >= 11 is 0. The molecule has 3 heterocycles. The van der Waals surface area contributed by atoms with E-state index in [1.165, 1.54) is 0 Å². The number of carbonyl (C=O) groups is 1. The largest absolute Gasteiger partial charge is 0.391 e. The van der Waals surface area contributed by atoms with Crippen molar-refractivity contribution in [2.45, 2.75) is 12.5 Å². The summed E-state index contributed by atoms with van der Waals surface area (Å²) < 4.78 is 0. The van der Waals surface area contributed by atoms with Gasteiger partial charge in [-0.25, -0.2) is 4.98 Å². The third-order valence-electron chi connectivity index (χ3n) is 5.58. The highest BCUT2D eigenvalue weighted by atomic mass is 16.3. The first-order chi connectivity index (χ1) is 13.7. The van der Waals surface area contributed by atoms with Crippen molar-refractivity contribution in [2.75, 3.05) is 13.1 Å². The number of aliphatic hydroxyl groups is 1. The van der Waals surface area contributed by atoms with E-state index in [1.54, 1.807) is 17.3 Å². The number of rotatable bonds is 3. The molecule has 0 bridgehead atoms. The SMILES string of the molecule is O=C(c1ccc2nc[nH]c2c1)N1C[C@@H](Cc2ccnc3ccccc23)[C@@H](O)C1. The van der Waals surface area contributed by atoms with Crippen LogP contribution in [-0.2, 0) is 6.42 Å². The Morgan fingerprint density at radius 1 is 1.11 bits per heavy atom. The van der Waals surface area contributed by atoms with Gasteiger partial charge in [-0.15, -0.1) is 0 Å². The van der Waals surface area contributed by atoms with Crippen molar-refractivity contribution in [3.8, 4) is 0 Å². The van der Waals surface area contributed by atoms with Crippen LogP contribution in [0.1, 0.15) is 15.9 Å². The van der Waals surface area contributed by atoms with Crippen LogP contribution in [0.4, 0.5) is 0 Å². The van der Waals surface area contributed by atoms with Gasteiger partial charge in [-0.05, 0) is 42.3 Å². The lowest BCUT2D eigenvalue weighted by molar-refractivity contribution is 0.0765. The van der Waals surface area contributed by atoms with E-state index in [4.69, 9.17) is 0 Å². The molecule has 2 aromatic heterocycles. The number of nitrogens with one attached hydrogen (secondary N) is 1. The Morgan fingerprint density at radius 3 is 2.93 bits per heavy atom. The molecule has 28 heavy (non-hydrogen) atoms. The highest BCUT2D eigenvalue weighted by Crippen LogP contribution is 2.26. The van der Waals surface area contributed by atoms with Gasteiger partial charge in [0.2, 0.25) is 0 Å². The number of amides is 1. The number of hydrogen-bond acceptors (Lipinski definition) is 4. The summed E-state index contributed by atoms with van der Waals surface area (Å²) in [7, 11) is 0. The third-order valence-corrected chi connectivity index (χ3v) is 5.58. The standard InChI is InChI=1S/C22H20N4O2/c27-21-12-26(22(28)15-5-6-19-20(10-15)25-13-24-19)11-16(21)9-14-7-8-23-18-4-2-1-3-17(14)18/h1-8,10,13,16,21,27H,9,11-12H2,(H,24,25)/t16-,21+/m1/s1. The topological polar surface area (TPSA) is 82.1 Å². The predicted molar refractivity (Wildman–Crippen MR) is 107 cm³/mol. The maximum atomic E-state index is 12.9.